The fraction of sp³-hybridized carbons (Fsp3) is 0.348. The number of ether oxygens (including phenoxy) is 6. The van der Waals surface area contributed by atoms with Crippen LogP contribution in [0.3, 0.4) is 0 Å². The number of halogens is 32. The summed E-state index contributed by atoms with van der Waals surface area (Å²) in [5.41, 5.74) is -1.08. The zero-order valence-electron chi connectivity index (χ0n) is 79.1. The molecule has 0 aromatic heterocycles. The number of hydrogen-bond acceptors (Lipinski definition) is 19. The van der Waals surface area contributed by atoms with Crippen LogP contribution in [0.25, 0.3) is 0 Å². The van der Waals surface area contributed by atoms with Crippen LogP contribution < -0.4 is 188 Å². The second kappa shape index (κ2) is 94.4. The molecule has 0 fully saturated rings. The van der Waals surface area contributed by atoms with Crippen molar-refractivity contribution in [1.29, 1.82) is 0 Å². The maximum atomic E-state index is 14.2. The monoisotopic (exact) mass is 2490 g/mol. The Morgan fingerprint density at radius 2 is 0.622 bits per heavy atom. The summed E-state index contributed by atoms with van der Waals surface area (Å²) in [7, 11) is 2.48. The van der Waals surface area contributed by atoms with Gasteiger partial charge in [-0.05, 0) is 117 Å². The maximum absolute atomic E-state index is 14.2. The van der Waals surface area contributed by atoms with Gasteiger partial charge in [0.05, 0.1) is 43.7 Å². The number of phenols is 3. The molecule has 0 saturated carbocycles. The van der Waals surface area contributed by atoms with Crippen LogP contribution in [0.15, 0.2) is 84.9 Å². The van der Waals surface area contributed by atoms with E-state index in [2.05, 4.69) is 65.3 Å². The van der Waals surface area contributed by atoms with E-state index < -0.39 is 211 Å². The summed E-state index contributed by atoms with van der Waals surface area (Å²) in [4.78, 5) is 41.4. The molecular formula is C89H98Br3Cl3F26K3O15S4-. The second-order valence-corrected chi connectivity index (χ2v) is 30.2. The van der Waals surface area contributed by atoms with Crippen molar-refractivity contribution in [2.75, 3.05) is 74.2 Å². The zero-order chi connectivity index (χ0) is 107. The molecule has 0 unspecified atom stereocenters. The van der Waals surface area contributed by atoms with E-state index >= 15 is 0 Å². The van der Waals surface area contributed by atoms with Crippen LogP contribution >= 0.6 is 120 Å². The van der Waals surface area contributed by atoms with E-state index in [1.54, 1.807) is 72.8 Å². The van der Waals surface area contributed by atoms with Gasteiger partial charge in [-0.2, -0.15) is 72.2 Å². The number of hydrogen-bond donors (Lipinski definition) is 4. The van der Waals surface area contributed by atoms with Gasteiger partial charge in [0.15, 0.2) is 115 Å². The Balaban J connectivity index is -0.000000141. The molecule has 0 aliphatic heterocycles. The predicted molar refractivity (Wildman–Crippen MR) is 505 cm³/mol. The summed E-state index contributed by atoms with van der Waals surface area (Å²) in [6, 6.07) is 19.5. The summed E-state index contributed by atoms with van der Waals surface area (Å²) in [5, 5.41) is 36.8. The van der Waals surface area contributed by atoms with Gasteiger partial charge in [0.25, 0.3) is 6.47 Å². The van der Waals surface area contributed by atoms with Crippen LogP contribution in [0.2, 0.25) is 0 Å². The number of thiol groups is 2. The Kier molecular flexibility index (Phi) is 104. The molecule has 0 radical (unpaired) electrons. The van der Waals surface area contributed by atoms with Crippen molar-refractivity contribution in [2.45, 2.75) is 127 Å². The largest absolute Gasteiger partial charge is 1.00 e. The minimum atomic E-state index is -1.80. The van der Waals surface area contributed by atoms with Crippen LogP contribution in [-0.2, 0) is 83.1 Å². The molecule has 0 spiro atoms. The Morgan fingerprint density at radius 3 is 0.818 bits per heavy atom. The third-order valence-corrected chi connectivity index (χ3v) is 19.1. The van der Waals surface area contributed by atoms with Crippen LogP contribution in [0, 0.1) is 140 Å². The number of carbonyl (C=O) groups is 3. The Hall–Kier alpha value is -3.58. The van der Waals surface area contributed by atoms with Crippen LogP contribution in [0.4, 0.5) is 114 Å². The molecule has 15 nitrogen and oxygen atoms in total. The fourth-order valence-electron chi connectivity index (χ4n) is 9.13. The van der Waals surface area contributed by atoms with E-state index in [1.165, 1.54) is 54.8 Å². The fourth-order valence-corrected chi connectivity index (χ4v) is 12.0. The maximum Gasteiger partial charge on any atom is 1.00 e. The first-order valence-electron chi connectivity index (χ1n) is 39.0. The topological polar surface area (TPSA) is 217 Å². The van der Waals surface area contributed by atoms with Gasteiger partial charge in [-0.25, -0.2) is 52.7 Å². The molecule has 3 N–H and O–H groups in total. The van der Waals surface area contributed by atoms with E-state index in [9.17, 15) is 124 Å². The molecular weight excluding hydrogens is 2390 g/mol. The standard InChI is InChI=1S/C19H18F4O3S.C17H15BrF4O2.C14H10F4O2.C11H10F4O2S.C9H8F4OS.C6H2F4O.C3H6Br2.C2H3O.C2H6.CH2Cl2.2CH3F.CH2O3.2CH4.ClH.3K.H2S.H/c1-11(24)27-9-3-4-14-15(20)17(22)19(18(23)16(14)21)26-10-12-5-7-13(25-2)8-6-12;1-23-11-6-4-10(5-7-11)9-24-17-15(21)13(19)12(3-2-8-18)14(20)16(17)22;1-19-9-4-2-8(3-5-9)7-20-14-12(17)10(15)6-11(16)13(14)18;1-5(16)18-4-2-3-6-7(12)9(14)11(17)10(15)8(6)13;10-5-4(2-1-3-15)6(11)8(13)9(14)7(5)12;7-2-1-3(8)5(10)6(11)4(2)9;4-2-1-3-5;1-2-3;1-2;2-1-3;2*1-2;2-1-4-3;;;;;;;;/h5-8H,3-4,9-10H2,1-2H3;4-7H,2-3,8-9H2,1H3;2-6H,7H2,1H3;17H,2-4H2,1H3;14-15H,1-3H2;1,11H;1-3H2;1H3;1-2H3;1H2;2*1H3;1,3H;2*1H4;1H;;;;1H2;/q;;;;;;;-1;;;;;;;;;3*+1;;-1/p-2/i;;;;;;;;;;2*1D;;;;;;;;;. The Morgan fingerprint density at radius 1 is 0.427 bits per heavy atom. The molecule has 0 aliphatic rings. The average molecular weight is 2500 g/mol. The van der Waals surface area contributed by atoms with Gasteiger partial charge >= 0.3 is 154 Å². The number of rotatable bonds is 29. The molecule has 0 aliphatic carbocycles. The van der Waals surface area contributed by atoms with Gasteiger partial charge in [0.2, 0.25) is 69.8 Å². The first kappa shape index (κ1) is 157. The summed E-state index contributed by atoms with van der Waals surface area (Å²) in [5.74, 6) is -43.8. The van der Waals surface area contributed by atoms with Gasteiger partial charge in [-0.3, -0.25) is 29.5 Å². The van der Waals surface area contributed by atoms with Gasteiger partial charge in [-0.1, -0.05) is 136 Å². The van der Waals surface area contributed by atoms with Gasteiger partial charge in [-0.15, -0.1) is 35.6 Å². The molecule has 9 aromatic carbocycles. The van der Waals surface area contributed by atoms with E-state index in [0.717, 1.165) is 34.2 Å². The van der Waals surface area contributed by atoms with Crippen molar-refractivity contribution in [1.82, 2.24) is 0 Å². The quantitative estimate of drug-likeness (QED) is 0.00293. The Bertz CT molecular complexity index is 4970. The number of benzene rings is 9. The van der Waals surface area contributed by atoms with Gasteiger partial charge in [0, 0.05) is 75.7 Å². The molecule has 0 bridgehead atoms. The second-order valence-electron chi connectivity index (χ2n) is 24.1. The van der Waals surface area contributed by atoms with Crippen molar-refractivity contribution in [2.24, 2.45) is 0 Å². The number of thioether (sulfide) groups is 2. The van der Waals surface area contributed by atoms with Crippen LogP contribution in [0.1, 0.15) is 125 Å². The molecule has 54 heteroatoms. The summed E-state index contributed by atoms with van der Waals surface area (Å²) in [6.07, 6.45) is 2.95. The minimum Gasteiger partial charge on any atom is -1.00 e. The first-order chi connectivity index (χ1) is 65.2. The molecule has 0 atom stereocenters. The van der Waals surface area contributed by atoms with E-state index in [4.69, 9.17) is 84.5 Å². The molecule has 0 heterocycles. The van der Waals surface area contributed by atoms with Crippen molar-refractivity contribution in [3.8, 4) is 51.7 Å². The smallest absolute Gasteiger partial charge is 1.00 e. The minimum absolute atomic E-state index is 0. The number of carbonyl (C=O) groups excluding carboxylic acids is 4. The number of aromatic hydroxyl groups is 3. The normalized spacial score (nSPS) is 9.52. The number of methoxy groups -OCH3 is 3. The first-order valence-corrected chi connectivity index (χ1v) is 44.6. The molecule has 0 amide bonds. The number of phenolic OH excluding ortho intramolecular Hbond substituents is 3. The van der Waals surface area contributed by atoms with Crippen LogP contribution in [0.5, 0.6) is 51.7 Å². The van der Waals surface area contributed by atoms with E-state index in [-0.39, 0.29) is 295 Å². The summed E-state index contributed by atoms with van der Waals surface area (Å²) < 4.78 is 379. The SMILES string of the molecule is BrCCCBr.C.C.CC.CC(=O)SCCCc1c(F)c(F)c(O)c(F)c1F.COc1ccc(COc2c(F)c(F)c(CCCBr)c(F)c2F)cc1.COc1ccc(COc2c(F)c(F)c(CCCSC(C)=O)c(F)c2F)cc1.COc1ccc(COc2c(F)c(F)cc(F)c2F)cc1.C[C-]=O.Cl.ClCCl.O=CO[O-].Oc1c(F)c(F)c(CCCS)c(F)c1F.Oc1c(F)c(F)cc(F)c1F.[2H]CF.[2H]CF.[H-].[K+].[K+].[K+].[SH-]. The van der Waals surface area contributed by atoms with E-state index in [0.29, 0.717) is 62.9 Å². The zero-order valence-corrected chi connectivity index (χ0v) is 96.0. The molecule has 9 aromatic rings. The molecule has 796 valence electrons. The third kappa shape index (κ3) is 59.3. The van der Waals surface area contributed by atoms with Crippen molar-refractivity contribution in [3.05, 3.63) is 263 Å². The van der Waals surface area contributed by atoms with Gasteiger partial charge < -0.3 is 73.6 Å². The molecule has 143 heavy (non-hydrogen) atoms. The molecule has 9 rings (SSSR count). The average Bonchev–Trinajstić information content (AvgIpc) is 0.794. The summed E-state index contributed by atoms with van der Waals surface area (Å²) in [6.45, 7) is 7.09. The summed E-state index contributed by atoms with van der Waals surface area (Å²) >= 11 is 24.9. The predicted octanol–water partition coefficient (Wildman–Crippen LogP) is 18.8. The van der Waals surface area contributed by atoms with E-state index in [1.807, 2.05) is 13.8 Å². The molecule has 0 saturated heterocycles. The third-order valence-electron chi connectivity index (χ3n) is 15.3. The van der Waals surface area contributed by atoms with Crippen LogP contribution in [-0.4, -0.2) is 113 Å². The van der Waals surface area contributed by atoms with Crippen molar-refractivity contribution >= 4 is 156 Å². The number of alkyl halides is 7. The van der Waals surface area contributed by atoms with Crippen molar-refractivity contribution in [3.63, 3.8) is 0 Å². The Labute approximate surface area is 1000 Å². The van der Waals surface area contributed by atoms with Gasteiger partial charge in [0.1, 0.15) is 37.1 Å². The van der Waals surface area contributed by atoms with Crippen molar-refractivity contribution < 1.29 is 346 Å².